The van der Waals surface area contributed by atoms with Crippen LogP contribution in [-0.4, -0.2) is 23.6 Å². The largest absolute Gasteiger partial charge is 0.493 e. The molecule has 0 fully saturated rings. The lowest BCUT2D eigenvalue weighted by molar-refractivity contribution is 0.112. The molecule has 6 nitrogen and oxygen atoms in total. The molecule has 0 radical (unpaired) electrons. The number of hydrogen-bond acceptors (Lipinski definition) is 6. The van der Waals surface area contributed by atoms with Crippen molar-refractivity contribution in [2.45, 2.75) is 20.0 Å². The highest BCUT2D eigenvalue weighted by Crippen LogP contribution is 2.36. The van der Waals surface area contributed by atoms with Crippen LogP contribution in [0.1, 0.15) is 29.1 Å². The first-order valence-corrected chi connectivity index (χ1v) is 6.32. The third kappa shape index (κ3) is 3.08. The molecule has 0 aliphatic heterocycles. The van der Waals surface area contributed by atoms with E-state index in [1.165, 1.54) is 13.2 Å². The average molecular weight is 297 g/mol. The molecule has 0 N–H and O–H groups in total. The van der Waals surface area contributed by atoms with E-state index in [0.717, 1.165) is 0 Å². The van der Waals surface area contributed by atoms with Crippen molar-refractivity contribution in [3.63, 3.8) is 0 Å². The van der Waals surface area contributed by atoms with Gasteiger partial charge in [0.25, 0.3) is 5.89 Å². The molecule has 1 heterocycles. The summed E-state index contributed by atoms with van der Waals surface area (Å²) in [6.07, 6.45) is 1.34. The molecule has 0 saturated heterocycles. The number of methoxy groups -OCH3 is 1. The molecule has 2 aromatic rings. The minimum Gasteiger partial charge on any atom is -0.493 e. The normalized spacial score (nSPS) is 10.3. The number of halogens is 1. The molecule has 106 valence electrons. The quantitative estimate of drug-likeness (QED) is 0.763. The molecule has 1 aromatic carbocycles. The van der Waals surface area contributed by atoms with Crippen LogP contribution < -0.4 is 9.47 Å². The Balaban J connectivity index is 2.18. The van der Waals surface area contributed by atoms with Crippen molar-refractivity contribution >= 4 is 17.9 Å². The van der Waals surface area contributed by atoms with Gasteiger partial charge in [-0.3, -0.25) is 4.79 Å². The van der Waals surface area contributed by atoms with Crippen molar-refractivity contribution < 1.29 is 18.7 Å². The lowest BCUT2D eigenvalue weighted by Crippen LogP contribution is -1.99. The summed E-state index contributed by atoms with van der Waals surface area (Å²) in [5.74, 6) is 1.59. The van der Waals surface area contributed by atoms with Gasteiger partial charge in [-0.25, -0.2) is 0 Å². The summed E-state index contributed by atoms with van der Waals surface area (Å²) in [7, 11) is 1.47. The summed E-state index contributed by atoms with van der Waals surface area (Å²) >= 11 is 6.06. The smallest absolute Gasteiger partial charge is 0.253 e. The molecule has 0 bridgehead atoms. The molecule has 0 saturated carbocycles. The Kier molecular flexibility index (Phi) is 4.57. The van der Waals surface area contributed by atoms with Gasteiger partial charge in [0.05, 0.1) is 12.1 Å². The van der Waals surface area contributed by atoms with Crippen molar-refractivity contribution in [3.8, 4) is 11.5 Å². The highest BCUT2D eigenvalue weighted by Gasteiger charge is 2.14. The second-order valence-electron chi connectivity index (χ2n) is 3.88. The Bertz CT molecular complexity index is 612. The van der Waals surface area contributed by atoms with Crippen LogP contribution in [0.2, 0.25) is 5.02 Å². The van der Waals surface area contributed by atoms with Gasteiger partial charge in [0.15, 0.2) is 18.1 Å². The molecular formula is C13H13ClN2O4. The Morgan fingerprint density at radius 2 is 2.10 bits per heavy atom. The number of benzene rings is 1. The summed E-state index contributed by atoms with van der Waals surface area (Å²) in [4.78, 5) is 10.8. The fourth-order valence-corrected chi connectivity index (χ4v) is 1.85. The maximum Gasteiger partial charge on any atom is 0.253 e. The lowest BCUT2D eigenvalue weighted by Gasteiger charge is -2.11. The molecule has 0 aliphatic carbocycles. The fraction of sp³-hybridized carbons (Fsp3) is 0.308. The van der Waals surface area contributed by atoms with Crippen LogP contribution in [0.4, 0.5) is 0 Å². The van der Waals surface area contributed by atoms with Gasteiger partial charge in [-0.05, 0) is 12.1 Å². The molecule has 0 spiro atoms. The molecule has 7 heteroatoms. The first-order valence-electron chi connectivity index (χ1n) is 5.94. The minimum atomic E-state index is 0.0729. The van der Waals surface area contributed by atoms with Gasteiger partial charge in [-0.2, -0.15) is 0 Å². The van der Waals surface area contributed by atoms with E-state index < -0.39 is 0 Å². The topological polar surface area (TPSA) is 74.5 Å². The van der Waals surface area contributed by atoms with E-state index >= 15 is 0 Å². The van der Waals surface area contributed by atoms with Gasteiger partial charge in [-0.15, -0.1) is 10.2 Å². The van der Waals surface area contributed by atoms with Crippen molar-refractivity contribution in [1.82, 2.24) is 10.2 Å². The Morgan fingerprint density at radius 3 is 2.70 bits per heavy atom. The van der Waals surface area contributed by atoms with Crippen molar-refractivity contribution in [2.75, 3.05) is 7.11 Å². The van der Waals surface area contributed by atoms with Crippen LogP contribution in [0.5, 0.6) is 11.5 Å². The molecule has 0 unspecified atom stereocenters. The monoisotopic (exact) mass is 296 g/mol. The Hall–Kier alpha value is -2.08. The van der Waals surface area contributed by atoms with Crippen LogP contribution in [0.15, 0.2) is 16.5 Å². The second-order valence-corrected chi connectivity index (χ2v) is 4.29. The Morgan fingerprint density at radius 1 is 1.35 bits per heavy atom. The molecule has 0 amide bonds. The predicted molar refractivity (Wildman–Crippen MR) is 71.4 cm³/mol. The van der Waals surface area contributed by atoms with E-state index in [2.05, 4.69) is 10.2 Å². The molecule has 2 rings (SSSR count). The van der Waals surface area contributed by atoms with Crippen LogP contribution in [0.25, 0.3) is 0 Å². The highest BCUT2D eigenvalue weighted by molar-refractivity contribution is 6.32. The van der Waals surface area contributed by atoms with Crippen LogP contribution >= 0.6 is 11.6 Å². The molecule has 1 aromatic heterocycles. The first-order chi connectivity index (χ1) is 9.67. The molecule has 20 heavy (non-hydrogen) atoms. The second kappa shape index (κ2) is 6.38. The fourth-order valence-electron chi connectivity index (χ4n) is 1.57. The number of rotatable bonds is 6. The van der Waals surface area contributed by atoms with E-state index in [-0.39, 0.29) is 11.6 Å². The number of aromatic nitrogens is 2. The maximum atomic E-state index is 10.8. The SMILES string of the molecule is CCc1nnc(COc2c(Cl)cc(C=O)cc2OC)o1. The van der Waals surface area contributed by atoms with Gasteiger partial charge in [-0.1, -0.05) is 18.5 Å². The summed E-state index contributed by atoms with van der Waals surface area (Å²) < 4.78 is 16.0. The first kappa shape index (κ1) is 14.3. The molecule has 0 atom stereocenters. The highest BCUT2D eigenvalue weighted by atomic mass is 35.5. The molecule has 0 aliphatic rings. The number of aldehydes is 1. The van der Waals surface area contributed by atoms with Crippen LogP contribution in [0.3, 0.4) is 0 Å². The minimum absolute atomic E-state index is 0.0729. The zero-order chi connectivity index (χ0) is 14.5. The standard InChI is InChI=1S/C13H13ClN2O4/c1-3-11-15-16-12(20-11)7-19-13-9(14)4-8(6-17)5-10(13)18-2/h4-6H,3,7H2,1-2H3. The summed E-state index contributed by atoms with van der Waals surface area (Å²) in [5.41, 5.74) is 0.408. The van der Waals surface area contributed by atoms with Crippen LogP contribution in [-0.2, 0) is 13.0 Å². The van der Waals surface area contributed by atoms with Crippen molar-refractivity contribution in [2.24, 2.45) is 0 Å². The average Bonchev–Trinajstić information content (AvgIpc) is 2.93. The third-order valence-electron chi connectivity index (χ3n) is 2.54. The molecular weight excluding hydrogens is 284 g/mol. The number of hydrogen-bond donors (Lipinski definition) is 0. The number of nitrogens with zero attached hydrogens (tertiary/aromatic N) is 2. The van der Waals surface area contributed by atoms with E-state index in [9.17, 15) is 4.79 Å². The van der Waals surface area contributed by atoms with Gasteiger partial charge in [0.1, 0.15) is 6.29 Å². The van der Waals surface area contributed by atoms with E-state index in [1.807, 2.05) is 6.92 Å². The third-order valence-corrected chi connectivity index (χ3v) is 2.82. The number of ether oxygens (including phenoxy) is 2. The van der Waals surface area contributed by atoms with Crippen molar-refractivity contribution in [3.05, 3.63) is 34.5 Å². The van der Waals surface area contributed by atoms with Crippen LogP contribution in [0, 0.1) is 0 Å². The Labute approximate surface area is 120 Å². The van der Waals surface area contributed by atoms with Gasteiger partial charge in [0.2, 0.25) is 5.89 Å². The summed E-state index contributed by atoms with van der Waals surface area (Å²) in [5, 5.41) is 7.95. The number of carbonyl (C=O) groups is 1. The summed E-state index contributed by atoms with van der Waals surface area (Å²) in [6, 6.07) is 3.04. The number of aryl methyl sites for hydroxylation is 1. The zero-order valence-corrected chi connectivity index (χ0v) is 11.8. The zero-order valence-electron chi connectivity index (χ0n) is 11.1. The summed E-state index contributed by atoms with van der Waals surface area (Å²) in [6.45, 7) is 1.99. The van der Waals surface area contributed by atoms with E-state index in [4.69, 9.17) is 25.5 Å². The number of carbonyl (C=O) groups excluding carboxylic acids is 1. The predicted octanol–water partition coefficient (Wildman–Crippen LogP) is 2.69. The van der Waals surface area contributed by atoms with Crippen molar-refractivity contribution in [1.29, 1.82) is 0 Å². The van der Waals surface area contributed by atoms with E-state index in [0.29, 0.717) is 41.6 Å². The van der Waals surface area contributed by atoms with Gasteiger partial charge >= 0.3 is 0 Å². The van der Waals surface area contributed by atoms with Gasteiger partial charge in [0, 0.05) is 12.0 Å². The van der Waals surface area contributed by atoms with Gasteiger partial charge < -0.3 is 13.9 Å². The van der Waals surface area contributed by atoms with E-state index in [1.54, 1.807) is 6.07 Å². The maximum absolute atomic E-state index is 10.8. The lowest BCUT2D eigenvalue weighted by atomic mass is 10.2.